The van der Waals surface area contributed by atoms with E-state index in [1.54, 1.807) is 23.4 Å². The molecule has 1 unspecified atom stereocenters. The third-order valence-electron chi connectivity index (χ3n) is 4.57. The highest BCUT2D eigenvalue weighted by Gasteiger charge is 2.33. The van der Waals surface area contributed by atoms with Gasteiger partial charge in [0.1, 0.15) is 24.1 Å². The van der Waals surface area contributed by atoms with Crippen LogP contribution < -0.4 is 9.64 Å². The SMILES string of the molecule is O=C(C1CN(Cc2ccccc2)CCO1)N1CCOc2ccncc21. The van der Waals surface area contributed by atoms with Gasteiger partial charge in [-0.25, -0.2) is 0 Å². The first-order valence-corrected chi connectivity index (χ1v) is 8.57. The van der Waals surface area contributed by atoms with E-state index in [1.807, 2.05) is 18.2 Å². The van der Waals surface area contributed by atoms with Crippen LogP contribution in [0.4, 0.5) is 5.69 Å². The summed E-state index contributed by atoms with van der Waals surface area (Å²) in [7, 11) is 0. The number of morpholine rings is 1. The summed E-state index contributed by atoms with van der Waals surface area (Å²) >= 11 is 0. The number of amides is 1. The van der Waals surface area contributed by atoms with Crippen molar-refractivity contribution in [3.8, 4) is 5.75 Å². The van der Waals surface area contributed by atoms with Crippen LogP contribution in [0.5, 0.6) is 5.75 Å². The van der Waals surface area contributed by atoms with Gasteiger partial charge in [0.25, 0.3) is 5.91 Å². The summed E-state index contributed by atoms with van der Waals surface area (Å²) in [5, 5.41) is 0. The fourth-order valence-electron chi connectivity index (χ4n) is 3.31. The van der Waals surface area contributed by atoms with E-state index in [1.165, 1.54) is 5.56 Å². The Hall–Kier alpha value is -2.44. The molecule has 0 spiro atoms. The molecule has 0 saturated carbocycles. The summed E-state index contributed by atoms with van der Waals surface area (Å²) < 4.78 is 11.4. The molecule has 6 heteroatoms. The molecular weight excluding hydrogens is 318 g/mol. The van der Waals surface area contributed by atoms with E-state index >= 15 is 0 Å². The van der Waals surface area contributed by atoms with Gasteiger partial charge in [-0.15, -0.1) is 0 Å². The van der Waals surface area contributed by atoms with Crippen LogP contribution in [0.2, 0.25) is 0 Å². The zero-order valence-electron chi connectivity index (χ0n) is 14.0. The van der Waals surface area contributed by atoms with E-state index in [9.17, 15) is 4.79 Å². The number of carbonyl (C=O) groups is 1. The Bertz CT molecular complexity index is 738. The van der Waals surface area contributed by atoms with E-state index in [2.05, 4.69) is 22.0 Å². The summed E-state index contributed by atoms with van der Waals surface area (Å²) in [6.07, 6.45) is 2.89. The molecule has 0 bridgehead atoms. The van der Waals surface area contributed by atoms with Crippen molar-refractivity contribution in [3.05, 3.63) is 54.4 Å². The molecule has 1 fully saturated rings. The minimum atomic E-state index is -0.455. The quantitative estimate of drug-likeness (QED) is 0.852. The number of ether oxygens (including phenoxy) is 2. The number of carbonyl (C=O) groups excluding carboxylic acids is 1. The minimum Gasteiger partial charge on any atom is -0.489 e. The van der Waals surface area contributed by atoms with Gasteiger partial charge in [-0.3, -0.25) is 14.7 Å². The van der Waals surface area contributed by atoms with Gasteiger partial charge in [0.15, 0.2) is 0 Å². The van der Waals surface area contributed by atoms with Crippen LogP contribution in [0.15, 0.2) is 48.8 Å². The fraction of sp³-hybridized carbons (Fsp3) is 0.368. The van der Waals surface area contributed by atoms with E-state index in [-0.39, 0.29) is 5.91 Å². The second kappa shape index (κ2) is 7.21. The number of fused-ring (bicyclic) bond motifs is 1. The highest BCUT2D eigenvalue weighted by Crippen LogP contribution is 2.31. The first-order valence-electron chi connectivity index (χ1n) is 8.57. The molecule has 130 valence electrons. The summed E-state index contributed by atoms with van der Waals surface area (Å²) in [5.74, 6) is 0.682. The zero-order valence-corrected chi connectivity index (χ0v) is 14.0. The maximum Gasteiger partial charge on any atom is 0.257 e. The fourth-order valence-corrected chi connectivity index (χ4v) is 3.31. The van der Waals surface area contributed by atoms with Crippen molar-refractivity contribution < 1.29 is 14.3 Å². The van der Waals surface area contributed by atoms with Crippen molar-refractivity contribution in [2.24, 2.45) is 0 Å². The highest BCUT2D eigenvalue weighted by atomic mass is 16.5. The second-order valence-corrected chi connectivity index (χ2v) is 6.26. The van der Waals surface area contributed by atoms with Crippen molar-refractivity contribution in [3.63, 3.8) is 0 Å². The van der Waals surface area contributed by atoms with Gasteiger partial charge in [-0.1, -0.05) is 30.3 Å². The van der Waals surface area contributed by atoms with Crippen LogP contribution in [-0.4, -0.2) is 54.7 Å². The lowest BCUT2D eigenvalue weighted by atomic mass is 10.1. The molecule has 25 heavy (non-hydrogen) atoms. The van der Waals surface area contributed by atoms with Crippen molar-refractivity contribution >= 4 is 11.6 Å². The number of benzene rings is 1. The van der Waals surface area contributed by atoms with E-state index in [0.29, 0.717) is 32.1 Å². The molecule has 0 N–H and O–H groups in total. The molecule has 6 nitrogen and oxygen atoms in total. The molecule has 0 radical (unpaired) electrons. The molecule has 1 aromatic carbocycles. The number of aromatic nitrogens is 1. The van der Waals surface area contributed by atoms with Crippen LogP contribution in [0, 0.1) is 0 Å². The Morgan fingerprint density at radius 2 is 2.04 bits per heavy atom. The molecule has 4 rings (SSSR count). The molecule has 1 saturated heterocycles. The predicted octanol–water partition coefficient (Wildman–Crippen LogP) is 1.71. The Balaban J connectivity index is 1.46. The molecular formula is C19H21N3O3. The van der Waals surface area contributed by atoms with Gasteiger partial charge in [0, 0.05) is 31.9 Å². The third-order valence-corrected chi connectivity index (χ3v) is 4.57. The number of nitrogens with zero attached hydrogens (tertiary/aromatic N) is 3. The molecule has 3 heterocycles. The van der Waals surface area contributed by atoms with Crippen LogP contribution in [0.3, 0.4) is 0 Å². The van der Waals surface area contributed by atoms with Gasteiger partial charge in [0.05, 0.1) is 19.3 Å². The largest absolute Gasteiger partial charge is 0.489 e. The molecule has 2 aliphatic rings. The average molecular weight is 339 g/mol. The first-order chi connectivity index (χ1) is 12.3. The Kier molecular flexibility index (Phi) is 4.63. The van der Waals surface area contributed by atoms with Gasteiger partial charge >= 0.3 is 0 Å². The average Bonchev–Trinajstić information content (AvgIpc) is 2.68. The van der Waals surface area contributed by atoms with E-state index < -0.39 is 6.10 Å². The first kappa shape index (κ1) is 16.1. The Labute approximate surface area is 147 Å². The van der Waals surface area contributed by atoms with Gasteiger partial charge < -0.3 is 14.4 Å². The molecule has 1 amide bonds. The molecule has 1 aromatic heterocycles. The molecule has 2 aliphatic heterocycles. The third kappa shape index (κ3) is 3.50. The van der Waals surface area contributed by atoms with Crippen LogP contribution in [0.1, 0.15) is 5.56 Å². The number of rotatable bonds is 3. The van der Waals surface area contributed by atoms with Crippen molar-refractivity contribution in [2.75, 3.05) is 37.7 Å². The topological polar surface area (TPSA) is 54.9 Å². The van der Waals surface area contributed by atoms with Gasteiger partial charge in [0.2, 0.25) is 0 Å². The summed E-state index contributed by atoms with van der Waals surface area (Å²) in [4.78, 5) is 21.1. The maximum atomic E-state index is 13.0. The van der Waals surface area contributed by atoms with Gasteiger partial charge in [-0.05, 0) is 5.56 Å². The van der Waals surface area contributed by atoms with Crippen molar-refractivity contribution in [1.82, 2.24) is 9.88 Å². The van der Waals surface area contributed by atoms with E-state index in [4.69, 9.17) is 9.47 Å². The van der Waals surface area contributed by atoms with Crippen molar-refractivity contribution in [1.29, 1.82) is 0 Å². The van der Waals surface area contributed by atoms with Crippen LogP contribution in [0.25, 0.3) is 0 Å². The maximum absolute atomic E-state index is 13.0. The highest BCUT2D eigenvalue weighted by molar-refractivity contribution is 5.98. The van der Waals surface area contributed by atoms with Crippen LogP contribution in [-0.2, 0) is 16.1 Å². The number of hydrogen-bond donors (Lipinski definition) is 0. The number of hydrogen-bond acceptors (Lipinski definition) is 5. The summed E-state index contributed by atoms with van der Waals surface area (Å²) in [6, 6.07) is 12.1. The normalized spacial score (nSPS) is 20.6. The summed E-state index contributed by atoms with van der Waals surface area (Å²) in [5.41, 5.74) is 1.97. The Morgan fingerprint density at radius 3 is 2.92 bits per heavy atom. The van der Waals surface area contributed by atoms with E-state index in [0.717, 1.165) is 18.8 Å². The van der Waals surface area contributed by atoms with Crippen LogP contribution >= 0.6 is 0 Å². The second-order valence-electron chi connectivity index (χ2n) is 6.26. The molecule has 2 aromatic rings. The lowest BCUT2D eigenvalue weighted by molar-refractivity contribution is -0.136. The Morgan fingerprint density at radius 1 is 1.16 bits per heavy atom. The lowest BCUT2D eigenvalue weighted by Crippen LogP contribution is -2.52. The molecule has 0 aliphatic carbocycles. The predicted molar refractivity (Wildman–Crippen MR) is 93.5 cm³/mol. The zero-order chi connectivity index (χ0) is 17.1. The lowest BCUT2D eigenvalue weighted by Gasteiger charge is -2.36. The molecule has 1 atom stereocenters. The van der Waals surface area contributed by atoms with Gasteiger partial charge in [-0.2, -0.15) is 0 Å². The standard InChI is InChI=1S/C19H21N3O3/c23-19(22-9-11-24-17-6-7-20-12-16(17)22)18-14-21(8-10-25-18)13-15-4-2-1-3-5-15/h1-7,12,18H,8-11,13-14H2. The van der Waals surface area contributed by atoms with Crippen molar-refractivity contribution in [2.45, 2.75) is 12.6 Å². The minimum absolute atomic E-state index is 0.0182. The summed E-state index contributed by atoms with van der Waals surface area (Å²) in [6.45, 7) is 3.84. The number of pyridine rings is 1. The number of anilines is 1. The smallest absolute Gasteiger partial charge is 0.257 e. The monoisotopic (exact) mass is 339 g/mol.